The Labute approximate surface area is 107 Å². The molecule has 4 heteroatoms. The first-order valence-corrected chi connectivity index (χ1v) is 6.30. The first kappa shape index (κ1) is 12.9. The van der Waals surface area contributed by atoms with Gasteiger partial charge in [-0.25, -0.2) is 0 Å². The van der Waals surface area contributed by atoms with Crippen LogP contribution in [0.2, 0.25) is 0 Å². The van der Waals surface area contributed by atoms with Crippen molar-refractivity contribution in [2.24, 2.45) is 11.5 Å². The van der Waals surface area contributed by atoms with Crippen LogP contribution in [0.5, 0.6) is 0 Å². The Morgan fingerprint density at radius 1 is 1.39 bits per heavy atom. The van der Waals surface area contributed by atoms with Crippen molar-refractivity contribution in [2.45, 2.75) is 37.3 Å². The van der Waals surface area contributed by atoms with Crippen molar-refractivity contribution >= 4 is 11.9 Å². The maximum absolute atomic E-state index is 12.2. The van der Waals surface area contributed by atoms with E-state index in [1.54, 1.807) is 24.5 Å². The Morgan fingerprint density at radius 2 is 2.11 bits per heavy atom. The van der Waals surface area contributed by atoms with Crippen LogP contribution < -0.4 is 11.5 Å². The molecule has 1 aliphatic rings. The molecule has 18 heavy (non-hydrogen) atoms. The van der Waals surface area contributed by atoms with Gasteiger partial charge in [0.25, 0.3) is 0 Å². The highest BCUT2D eigenvalue weighted by Crippen LogP contribution is 2.26. The molecule has 4 N–H and O–H groups in total. The van der Waals surface area contributed by atoms with Crippen LogP contribution in [0.1, 0.15) is 31.2 Å². The lowest BCUT2D eigenvalue weighted by Gasteiger charge is -2.36. The molecule has 0 spiro atoms. The van der Waals surface area contributed by atoms with Gasteiger partial charge in [-0.05, 0) is 36.6 Å². The van der Waals surface area contributed by atoms with Gasteiger partial charge < -0.3 is 11.5 Å². The average Bonchev–Trinajstić information content (AvgIpc) is 2.40. The minimum Gasteiger partial charge on any atom is -0.326 e. The predicted molar refractivity (Wildman–Crippen MR) is 71.6 cm³/mol. The van der Waals surface area contributed by atoms with Gasteiger partial charge in [0.2, 0.25) is 0 Å². The molecule has 1 heterocycles. The zero-order chi connectivity index (χ0) is 13.0. The van der Waals surface area contributed by atoms with E-state index in [1.165, 1.54) is 0 Å². The summed E-state index contributed by atoms with van der Waals surface area (Å²) in [5.41, 5.74) is 12.2. The van der Waals surface area contributed by atoms with E-state index in [1.807, 2.05) is 12.1 Å². The predicted octanol–water partition coefficient (Wildman–Crippen LogP) is 1.26. The average molecular weight is 245 g/mol. The standard InChI is InChI=1S/C14H19N3O/c15-12-3-1-2-8-14(12,16)13(18)5-4-11-6-9-17-10-7-11/h4-7,9-10,12H,1-3,8,15-16H2. The quantitative estimate of drug-likeness (QED) is 0.785. The lowest BCUT2D eigenvalue weighted by molar-refractivity contribution is -0.121. The summed E-state index contributed by atoms with van der Waals surface area (Å²) in [6.07, 6.45) is 10.2. The molecule has 1 fully saturated rings. The number of nitrogens with zero attached hydrogens (tertiary/aromatic N) is 1. The number of hydrogen-bond acceptors (Lipinski definition) is 4. The van der Waals surface area contributed by atoms with E-state index < -0.39 is 5.54 Å². The topological polar surface area (TPSA) is 82.0 Å². The van der Waals surface area contributed by atoms with Gasteiger partial charge in [-0.15, -0.1) is 0 Å². The summed E-state index contributed by atoms with van der Waals surface area (Å²) in [6.45, 7) is 0. The second-order valence-electron chi connectivity index (χ2n) is 4.87. The number of hydrogen-bond donors (Lipinski definition) is 2. The summed E-state index contributed by atoms with van der Waals surface area (Å²) in [4.78, 5) is 16.1. The number of aromatic nitrogens is 1. The largest absolute Gasteiger partial charge is 0.326 e. The molecule has 0 aliphatic heterocycles. The molecule has 1 aliphatic carbocycles. The van der Waals surface area contributed by atoms with Crippen molar-refractivity contribution in [1.29, 1.82) is 0 Å². The smallest absolute Gasteiger partial charge is 0.177 e. The summed E-state index contributed by atoms with van der Waals surface area (Å²) in [7, 11) is 0. The number of carbonyl (C=O) groups is 1. The van der Waals surface area contributed by atoms with E-state index in [2.05, 4.69) is 4.98 Å². The fourth-order valence-corrected chi connectivity index (χ4v) is 2.33. The van der Waals surface area contributed by atoms with Crippen molar-refractivity contribution in [3.05, 3.63) is 36.2 Å². The summed E-state index contributed by atoms with van der Waals surface area (Å²) in [6, 6.07) is 3.45. The van der Waals surface area contributed by atoms with Crippen LogP contribution in [-0.4, -0.2) is 22.3 Å². The van der Waals surface area contributed by atoms with Gasteiger partial charge in [0, 0.05) is 18.4 Å². The first-order chi connectivity index (χ1) is 8.63. The lowest BCUT2D eigenvalue weighted by atomic mass is 9.75. The molecule has 0 aromatic carbocycles. The van der Waals surface area contributed by atoms with E-state index in [4.69, 9.17) is 11.5 Å². The third kappa shape index (κ3) is 2.66. The molecule has 2 unspecified atom stereocenters. The number of rotatable bonds is 3. The monoisotopic (exact) mass is 245 g/mol. The van der Waals surface area contributed by atoms with Gasteiger partial charge in [0.15, 0.2) is 5.78 Å². The SMILES string of the molecule is NC1CCCCC1(N)C(=O)C=Cc1ccncc1. The highest BCUT2D eigenvalue weighted by Gasteiger charge is 2.40. The van der Waals surface area contributed by atoms with Gasteiger partial charge in [-0.2, -0.15) is 0 Å². The van der Waals surface area contributed by atoms with E-state index in [0.29, 0.717) is 6.42 Å². The van der Waals surface area contributed by atoms with Crippen molar-refractivity contribution in [2.75, 3.05) is 0 Å². The first-order valence-electron chi connectivity index (χ1n) is 6.30. The zero-order valence-corrected chi connectivity index (χ0v) is 10.4. The van der Waals surface area contributed by atoms with Crippen molar-refractivity contribution in [3.63, 3.8) is 0 Å². The van der Waals surface area contributed by atoms with E-state index >= 15 is 0 Å². The third-order valence-electron chi connectivity index (χ3n) is 3.61. The van der Waals surface area contributed by atoms with Crippen molar-refractivity contribution < 1.29 is 4.79 Å². The maximum atomic E-state index is 12.2. The minimum absolute atomic E-state index is 0.0773. The van der Waals surface area contributed by atoms with Crippen molar-refractivity contribution in [1.82, 2.24) is 4.98 Å². The molecule has 1 aromatic rings. The molecule has 2 atom stereocenters. The molecule has 96 valence electrons. The van der Waals surface area contributed by atoms with Crippen LogP contribution in [0.15, 0.2) is 30.6 Å². The Bertz CT molecular complexity index is 444. The molecule has 1 saturated carbocycles. The molecule has 0 bridgehead atoms. The van der Waals surface area contributed by atoms with Crippen LogP contribution in [0.25, 0.3) is 6.08 Å². The molecule has 1 aromatic heterocycles. The summed E-state index contributed by atoms with van der Waals surface area (Å²) < 4.78 is 0. The van der Waals surface area contributed by atoms with Gasteiger partial charge in [-0.1, -0.05) is 18.9 Å². The Balaban J connectivity index is 2.09. The zero-order valence-electron chi connectivity index (χ0n) is 10.4. The number of pyridine rings is 1. The van der Waals surface area contributed by atoms with Gasteiger partial charge in [0.1, 0.15) is 0 Å². The fraction of sp³-hybridized carbons (Fsp3) is 0.429. The Kier molecular flexibility index (Phi) is 3.89. The van der Waals surface area contributed by atoms with Crippen LogP contribution >= 0.6 is 0 Å². The summed E-state index contributed by atoms with van der Waals surface area (Å²) >= 11 is 0. The molecule has 0 radical (unpaired) electrons. The number of ketones is 1. The second-order valence-corrected chi connectivity index (χ2v) is 4.87. The molecule has 4 nitrogen and oxygen atoms in total. The summed E-state index contributed by atoms with van der Waals surface area (Å²) in [5.74, 6) is -0.0773. The highest BCUT2D eigenvalue weighted by molar-refractivity contribution is 6.01. The third-order valence-corrected chi connectivity index (χ3v) is 3.61. The normalized spacial score (nSPS) is 28.4. The summed E-state index contributed by atoms with van der Waals surface area (Å²) in [5, 5.41) is 0. The highest BCUT2D eigenvalue weighted by atomic mass is 16.1. The van der Waals surface area contributed by atoms with E-state index in [9.17, 15) is 4.79 Å². The van der Waals surface area contributed by atoms with Crippen LogP contribution in [-0.2, 0) is 4.79 Å². The molecular formula is C14H19N3O. The van der Waals surface area contributed by atoms with Crippen molar-refractivity contribution in [3.8, 4) is 0 Å². The van der Waals surface area contributed by atoms with Crippen LogP contribution in [0.3, 0.4) is 0 Å². The van der Waals surface area contributed by atoms with Gasteiger partial charge >= 0.3 is 0 Å². The molecule has 0 amide bonds. The number of nitrogens with two attached hydrogens (primary N) is 2. The minimum atomic E-state index is -0.887. The van der Waals surface area contributed by atoms with Gasteiger partial charge in [-0.3, -0.25) is 9.78 Å². The molecular weight excluding hydrogens is 226 g/mol. The molecule has 0 saturated heterocycles. The lowest BCUT2D eigenvalue weighted by Crippen LogP contribution is -2.61. The van der Waals surface area contributed by atoms with E-state index in [-0.39, 0.29) is 11.8 Å². The maximum Gasteiger partial charge on any atom is 0.177 e. The van der Waals surface area contributed by atoms with Gasteiger partial charge in [0.05, 0.1) is 5.54 Å². The fourth-order valence-electron chi connectivity index (χ4n) is 2.33. The van der Waals surface area contributed by atoms with Crippen LogP contribution in [0.4, 0.5) is 0 Å². The Hall–Kier alpha value is -1.52. The molecule has 2 rings (SSSR count). The van der Waals surface area contributed by atoms with Crippen LogP contribution in [0, 0.1) is 0 Å². The number of carbonyl (C=O) groups excluding carboxylic acids is 1. The second kappa shape index (κ2) is 5.42. The van der Waals surface area contributed by atoms with E-state index in [0.717, 1.165) is 24.8 Å². The Morgan fingerprint density at radius 3 is 2.78 bits per heavy atom.